The van der Waals surface area contributed by atoms with Crippen molar-refractivity contribution >= 4 is 35.0 Å². The number of alkyl halides is 6. The molecule has 6 rings (SSSR count). The minimum atomic E-state index is -5.12. The molecule has 0 aromatic heterocycles. The summed E-state index contributed by atoms with van der Waals surface area (Å²) >= 11 is 12.3. The number of carbonyl (C=O) groups excluding carboxylic acids is 2. The first-order valence-corrected chi connectivity index (χ1v) is 14.0. The van der Waals surface area contributed by atoms with Gasteiger partial charge in [0.25, 0.3) is 0 Å². The van der Waals surface area contributed by atoms with Crippen LogP contribution in [0.4, 0.5) is 26.3 Å². The lowest BCUT2D eigenvalue weighted by atomic mass is 9.84. The van der Waals surface area contributed by atoms with Gasteiger partial charge in [0.2, 0.25) is 11.8 Å². The van der Waals surface area contributed by atoms with Crippen molar-refractivity contribution in [3.63, 3.8) is 0 Å². The van der Waals surface area contributed by atoms with Gasteiger partial charge in [-0.05, 0) is 80.1 Å². The summed E-state index contributed by atoms with van der Waals surface area (Å²) in [6, 6.07) is 4.21. The maximum atomic E-state index is 13.9. The van der Waals surface area contributed by atoms with E-state index in [1.165, 1.54) is 6.07 Å². The highest BCUT2D eigenvalue weighted by atomic mass is 35.5. The zero-order valence-electron chi connectivity index (χ0n) is 21.6. The average Bonchev–Trinajstić information content (AvgIpc) is 3.70. The van der Waals surface area contributed by atoms with Crippen LogP contribution < -0.4 is 10.6 Å². The summed E-state index contributed by atoms with van der Waals surface area (Å²) in [5, 5.41) is 6.11. The Labute approximate surface area is 242 Å². The van der Waals surface area contributed by atoms with Crippen LogP contribution in [-0.4, -0.2) is 48.4 Å². The number of benzene rings is 2. The Morgan fingerprint density at radius 2 is 1.66 bits per heavy atom. The van der Waals surface area contributed by atoms with Crippen molar-refractivity contribution in [3.8, 4) is 0 Å². The van der Waals surface area contributed by atoms with Crippen LogP contribution in [0.3, 0.4) is 0 Å². The van der Waals surface area contributed by atoms with Crippen molar-refractivity contribution in [3.05, 3.63) is 68.7 Å². The third-order valence-corrected chi connectivity index (χ3v) is 8.95. The van der Waals surface area contributed by atoms with Crippen LogP contribution in [-0.2, 0) is 33.8 Å². The van der Waals surface area contributed by atoms with E-state index in [4.69, 9.17) is 23.2 Å². The van der Waals surface area contributed by atoms with Crippen LogP contribution in [0.2, 0.25) is 10.0 Å². The molecule has 0 spiro atoms. The quantitative estimate of drug-likeness (QED) is 0.373. The van der Waals surface area contributed by atoms with Crippen molar-refractivity contribution in [2.45, 2.75) is 62.0 Å². The number of amides is 2. The van der Waals surface area contributed by atoms with Gasteiger partial charge in [-0.25, -0.2) is 0 Å². The molecule has 2 atom stereocenters. The summed E-state index contributed by atoms with van der Waals surface area (Å²) in [5.41, 5.74) is -4.12. The summed E-state index contributed by atoms with van der Waals surface area (Å²) in [6.07, 6.45) is -8.27. The van der Waals surface area contributed by atoms with Gasteiger partial charge in [-0.15, -0.1) is 0 Å². The molecule has 1 saturated carbocycles. The molecule has 5 nitrogen and oxygen atoms in total. The second kappa shape index (κ2) is 11.0. The summed E-state index contributed by atoms with van der Waals surface area (Å²) in [5.74, 6) is -1.10. The molecule has 13 heteroatoms. The van der Waals surface area contributed by atoms with Gasteiger partial charge in [0.05, 0.1) is 16.5 Å². The smallest absolute Gasteiger partial charge is 0.350 e. The molecule has 1 unspecified atom stereocenters. The minimum absolute atomic E-state index is 0.0371. The lowest BCUT2D eigenvalue weighted by Crippen LogP contribution is -2.60. The van der Waals surface area contributed by atoms with Crippen LogP contribution in [0.25, 0.3) is 0 Å². The van der Waals surface area contributed by atoms with Crippen LogP contribution in [0.1, 0.15) is 47.9 Å². The number of hydrogen-bond acceptors (Lipinski definition) is 3. The maximum absolute atomic E-state index is 13.9. The molecule has 2 bridgehead atoms. The van der Waals surface area contributed by atoms with Gasteiger partial charge in [-0.2, -0.15) is 26.3 Å². The molecule has 4 aliphatic rings. The van der Waals surface area contributed by atoms with E-state index in [1.807, 2.05) is 0 Å². The highest BCUT2D eigenvalue weighted by molar-refractivity contribution is 6.35. The Morgan fingerprint density at radius 3 is 2.20 bits per heavy atom. The van der Waals surface area contributed by atoms with E-state index >= 15 is 0 Å². The Balaban J connectivity index is 1.45. The van der Waals surface area contributed by atoms with E-state index in [-0.39, 0.29) is 23.0 Å². The Morgan fingerprint density at radius 1 is 0.976 bits per heavy atom. The zero-order valence-corrected chi connectivity index (χ0v) is 23.2. The second-order valence-electron chi connectivity index (χ2n) is 11.1. The van der Waals surface area contributed by atoms with Gasteiger partial charge in [0.1, 0.15) is 6.04 Å². The number of rotatable bonds is 7. The summed E-state index contributed by atoms with van der Waals surface area (Å²) in [4.78, 5) is 29.3. The van der Waals surface area contributed by atoms with Gasteiger partial charge >= 0.3 is 12.4 Å². The molecule has 1 aliphatic carbocycles. The number of nitrogens with zero attached hydrogens (tertiary/aromatic N) is 1. The first-order valence-electron chi connectivity index (χ1n) is 13.2. The predicted molar refractivity (Wildman–Crippen MR) is 141 cm³/mol. The molecule has 4 fully saturated rings. The van der Waals surface area contributed by atoms with Gasteiger partial charge < -0.3 is 15.5 Å². The van der Waals surface area contributed by atoms with Gasteiger partial charge in [0.15, 0.2) is 0 Å². The molecule has 2 aromatic rings. The molecule has 3 heterocycles. The second-order valence-corrected chi connectivity index (χ2v) is 11.9. The number of carbonyl (C=O) groups is 2. The standard InChI is InChI=1S/C28H27Cl2F6N3O2/c29-18-3-4-19(21(30)13-18)26(7-8-26)25(41)38-22(24(40)37-23-14-39-9-5-15(23)6-10-39)11-16-1-2-17(27(31,32)33)12-20(16)28(34,35)36/h1-4,12-13,15,22-23H,5-11,14H2,(H,37,40)(H,38,41)/t22-,23?/m0/s1. The third-order valence-electron chi connectivity index (χ3n) is 8.40. The molecule has 222 valence electrons. The Hall–Kier alpha value is -2.50. The molecule has 3 saturated heterocycles. The normalized spacial score (nSPS) is 24.0. The minimum Gasteiger partial charge on any atom is -0.350 e. The summed E-state index contributed by atoms with van der Waals surface area (Å²) in [7, 11) is 0. The first-order chi connectivity index (χ1) is 19.2. The van der Waals surface area contributed by atoms with Crippen LogP contribution in [0, 0.1) is 5.92 Å². The van der Waals surface area contributed by atoms with Crippen molar-refractivity contribution < 1.29 is 35.9 Å². The largest absolute Gasteiger partial charge is 0.416 e. The molecule has 0 radical (unpaired) electrons. The van der Waals surface area contributed by atoms with Crippen LogP contribution >= 0.6 is 23.2 Å². The molecule has 2 N–H and O–H groups in total. The van der Waals surface area contributed by atoms with E-state index < -0.39 is 58.7 Å². The Bertz CT molecular complexity index is 1340. The lowest BCUT2D eigenvalue weighted by molar-refractivity contribution is -0.143. The predicted octanol–water partition coefficient (Wildman–Crippen LogP) is 6.00. The average molecular weight is 622 g/mol. The van der Waals surface area contributed by atoms with Crippen molar-refractivity contribution in [1.82, 2.24) is 15.5 Å². The number of nitrogens with one attached hydrogen (secondary N) is 2. The van der Waals surface area contributed by atoms with Gasteiger partial charge in [0, 0.05) is 29.1 Å². The molecule has 3 aliphatic heterocycles. The number of hydrogen-bond donors (Lipinski definition) is 2. The van der Waals surface area contributed by atoms with E-state index in [1.54, 1.807) is 12.1 Å². The van der Waals surface area contributed by atoms with E-state index in [0.29, 0.717) is 36.0 Å². The van der Waals surface area contributed by atoms with Crippen molar-refractivity contribution in [2.75, 3.05) is 19.6 Å². The molecular formula is C28H27Cl2F6N3O2. The maximum Gasteiger partial charge on any atom is 0.416 e. The van der Waals surface area contributed by atoms with Crippen LogP contribution in [0.15, 0.2) is 36.4 Å². The number of halogens is 8. The summed E-state index contributed by atoms with van der Waals surface area (Å²) in [6.45, 7) is 2.36. The number of fused-ring (bicyclic) bond motifs is 3. The molecule has 41 heavy (non-hydrogen) atoms. The highest BCUT2D eigenvalue weighted by Gasteiger charge is 2.53. The fourth-order valence-corrected chi connectivity index (χ4v) is 6.54. The van der Waals surface area contributed by atoms with Gasteiger partial charge in [-0.1, -0.05) is 35.3 Å². The molecule has 2 amide bonds. The number of piperidine rings is 3. The topological polar surface area (TPSA) is 61.4 Å². The third kappa shape index (κ3) is 6.32. The lowest BCUT2D eigenvalue weighted by Gasteiger charge is -2.45. The Kier molecular flexibility index (Phi) is 8.02. The van der Waals surface area contributed by atoms with Crippen molar-refractivity contribution in [1.29, 1.82) is 0 Å². The molecule has 2 aromatic carbocycles. The fourth-order valence-electron chi connectivity index (χ4n) is 5.95. The van der Waals surface area contributed by atoms with Crippen molar-refractivity contribution in [2.24, 2.45) is 5.92 Å². The van der Waals surface area contributed by atoms with E-state index in [0.717, 1.165) is 32.0 Å². The zero-order chi connectivity index (χ0) is 29.7. The fraction of sp³-hybridized carbons (Fsp3) is 0.500. The van der Waals surface area contributed by atoms with Crippen LogP contribution in [0.5, 0.6) is 0 Å². The van der Waals surface area contributed by atoms with E-state index in [9.17, 15) is 35.9 Å². The SMILES string of the molecule is O=C(NC1CN2CCC1CC2)[C@H](Cc1ccc(C(F)(F)F)cc1C(F)(F)F)NC(=O)C1(c2ccc(Cl)cc2Cl)CC1. The molecular weight excluding hydrogens is 595 g/mol. The first kappa shape index (κ1) is 30.0. The summed E-state index contributed by atoms with van der Waals surface area (Å²) < 4.78 is 81.4. The highest BCUT2D eigenvalue weighted by Crippen LogP contribution is 2.51. The van der Waals surface area contributed by atoms with E-state index in [2.05, 4.69) is 15.5 Å². The van der Waals surface area contributed by atoms with Gasteiger partial charge in [-0.3, -0.25) is 9.59 Å². The monoisotopic (exact) mass is 621 g/mol.